The molecule has 2 aromatic rings. The highest BCUT2D eigenvalue weighted by molar-refractivity contribution is 5.43. The summed E-state index contributed by atoms with van der Waals surface area (Å²) in [7, 11) is 0. The van der Waals surface area contributed by atoms with Crippen molar-refractivity contribution in [2.45, 2.75) is 52.6 Å². The summed E-state index contributed by atoms with van der Waals surface area (Å²) in [5, 5.41) is 4.15. The van der Waals surface area contributed by atoms with Crippen molar-refractivity contribution in [2.24, 2.45) is 0 Å². The number of aromatic nitrogens is 1. The van der Waals surface area contributed by atoms with Crippen LogP contribution in [0.4, 0.5) is 0 Å². The Balaban J connectivity index is 1.75. The van der Waals surface area contributed by atoms with Crippen LogP contribution in [-0.4, -0.2) is 29.8 Å². The van der Waals surface area contributed by atoms with Crippen molar-refractivity contribution < 1.29 is 14.0 Å². The Morgan fingerprint density at radius 3 is 2.64 bits per heavy atom. The highest BCUT2D eigenvalue weighted by atomic mass is 16.5. The molecule has 1 atom stereocenters. The molecule has 1 aromatic carbocycles. The van der Waals surface area contributed by atoms with E-state index in [1.54, 1.807) is 0 Å². The van der Waals surface area contributed by atoms with Gasteiger partial charge < -0.3 is 14.0 Å². The lowest BCUT2D eigenvalue weighted by Gasteiger charge is -2.23. The Labute approximate surface area is 149 Å². The van der Waals surface area contributed by atoms with Crippen LogP contribution in [0, 0.1) is 0 Å². The molecule has 0 bridgehead atoms. The number of ether oxygens (including phenoxy) is 2. The highest BCUT2D eigenvalue weighted by Gasteiger charge is 2.29. The Kier molecular flexibility index (Phi) is 5.97. The number of hydrogen-bond donors (Lipinski definition) is 0. The average molecular weight is 344 g/mol. The fourth-order valence-corrected chi connectivity index (χ4v) is 3.42. The number of rotatable bonds is 8. The van der Waals surface area contributed by atoms with Gasteiger partial charge in [0.2, 0.25) is 0 Å². The van der Waals surface area contributed by atoms with Crippen LogP contribution in [-0.2, 0) is 13.0 Å². The number of benzene rings is 1. The molecule has 5 heteroatoms. The smallest absolute Gasteiger partial charge is 0.161 e. The summed E-state index contributed by atoms with van der Waals surface area (Å²) in [6.07, 6.45) is 3.21. The van der Waals surface area contributed by atoms with Crippen molar-refractivity contribution in [3.63, 3.8) is 0 Å². The van der Waals surface area contributed by atoms with Crippen molar-refractivity contribution in [3.05, 3.63) is 41.3 Å². The third-order valence-corrected chi connectivity index (χ3v) is 4.62. The minimum atomic E-state index is 0.315. The maximum Gasteiger partial charge on any atom is 0.161 e. The molecule has 1 saturated heterocycles. The zero-order chi connectivity index (χ0) is 17.6. The third kappa shape index (κ3) is 4.15. The number of hydrogen-bond acceptors (Lipinski definition) is 5. The SMILES string of the molecule is CCOc1ccc(CN2CCCC2c2cc(CC)no2)cc1OCC. The molecule has 0 amide bonds. The van der Waals surface area contributed by atoms with Crippen molar-refractivity contribution >= 4 is 0 Å². The number of aryl methyl sites for hydroxylation is 1. The van der Waals surface area contributed by atoms with Crippen LogP contribution in [0.25, 0.3) is 0 Å². The topological polar surface area (TPSA) is 47.7 Å². The Morgan fingerprint density at radius 2 is 1.92 bits per heavy atom. The Hall–Kier alpha value is -2.01. The summed E-state index contributed by atoms with van der Waals surface area (Å²) in [4.78, 5) is 2.46. The largest absolute Gasteiger partial charge is 0.490 e. The molecule has 3 rings (SSSR count). The van der Waals surface area contributed by atoms with E-state index in [-0.39, 0.29) is 0 Å². The summed E-state index contributed by atoms with van der Waals surface area (Å²) in [6.45, 7) is 9.30. The zero-order valence-corrected chi connectivity index (χ0v) is 15.5. The van der Waals surface area contributed by atoms with E-state index in [0.29, 0.717) is 19.3 Å². The molecule has 136 valence electrons. The van der Waals surface area contributed by atoms with E-state index >= 15 is 0 Å². The Morgan fingerprint density at radius 1 is 1.12 bits per heavy atom. The standard InChI is InChI=1S/C20H28N2O3/c1-4-16-13-19(25-21-16)17-8-7-11-22(17)14-15-9-10-18(23-5-2)20(12-15)24-6-3/h9-10,12-13,17H,4-8,11,14H2,1-3H3. The van der Waals surface area contributed by atoms with Crippen molar-refractivity contribution in [1.82, 2.24) is 10.1 Å². The van der Waals surface area contributed by atoms with E-state index in [2.05, 4.69) is 35.2 Å². The fraction of sp³-hybridized carbons (Fsp3) is 0.550. The first-order valence-electron chi connectivity index (χ1n) is 9.33. The fourth-order valence-electron chi connectivity index (χ4n) is 3.42. The van der Waals surface area contributed by atoms with Crippen LogP contribution in [0.3, 0.4) is 0 Å². The maximum atomic E-state index is 5.75. The predicted octanol–water partition coefficient (Wildman–Crippen LogP) is 4.37. The van der Waals surface area contributed by atoms with E-state index in [1.807, 2.05) is 19.9 Å². The molecule has 1 aliphatic rings. The first-order chi connectivity index (χ1) is 12.2. The summed E-state index contributed by atoms with van der Waals surface area (Å²) < 4.78 is 17.0. The lowest BCUT2D eigenvalue weighted by Crippen LogP contribution is -2.22. The van der Waals surface area contributed by atoms with Gasteiger partial charge in [0, 0.05) is 12.6 Å². The van der Waals surface area contributed by atoms with Gasteiger partial charge in [-0.1, -0.05) is 18.1 Å². The minimum Gasteiger partial charge on any atom is -0.490 e. The van der Waals surface area contributed by atoms with Crippen LogP contribution < -0.4 is 9.47 Å². The van der Waals surface area contributed by atoms with Gasteiger partial charge in [-0.05, 0) is 57.4 Å². The molecule has 1 fully saturated rings. The van der Waals surface area contributed by atoms with E-state index in [0.717, 1.165) is 48.9 Å². The van der Waals surface area contributed by atoms with Gasteiger partial charge in [0.05, 0.1) is 24.9 Å². The Bertz CT molecular complexity index is 683. The molecule has 2 heterocycles. The van der Waals surface area contributed by atoms with Crippen LogP contribution in [0.5, 0.6) is 11.5 Å². The molecule has 0 saturated carbocycles. The van der Waals surface area contributed by atoms with Gasteiger partial charge in [-0.2, -0.15) is 0 Å². The van der Waals surface area contributed by atoms with Gasteiger partial charge in [0.15, 0.2) is 17.3 Å². The molecule has 1 aromatic heterocycles. The van der Waals surface area contributed by atoms with Crippen LogP contribution in [0.2, 0.25) is 0 Å². The van der Waals surface area contributed by atoms with Gasteiger partial charge >= 0.3 is 0 Å². The van der Waals surface area contributed by atoms with E-state index in [1.165, 1.54) is 12.0 Å². The second-order valence-electron chi connectivity index (χ2n) is 6.35. The van der Waals surface area contributed by atoms with Gasteiger partial charge in [-0.15, -0.1) is 0 Å². The lowest BCUT2D eigenvalue weighted by atomic mass is 10.1. The second-order valence-corrected chi connectivity index (χ2v) is 6.35. The van der Waals surface area contributed by atoms with Gasteiger partial charge in [0.1, 0.15) is 0 Å². The first kappa shape index (κ1) is 17.8. The molecular weight excluding hydrogens is 316 g/mol. The number of nitrogens with zero attached hydrogens (tertiary/aromatic N) is 2. The molecule has 5 nitrogen and oxygen atoms in total. The van der Waals surface area contributed by atoms with Crippen molar-refractivity contribution in [3.8, 4) is 11.5 Å². The molecule has 1 aliphatic heterocycles. The molecule has 25 heavy (non-hydrogen) atoms. The summed E-state index contributed by atoms with van der Waals surface area (Å²) in [5.74, 6) is 2.63. The summed E-state index contributed by atoms with van der Waals surface area (Å²) >= 11 is 0. The monoisotopic (exact) mass is 344 g/mol. The highest BCUT2D eigenvalue weighted by Crippen LogP contribution is 2.35. The third-order valence-electron chi connectivity index (χ3n) is 4.62. The van der Waals surface area contributed by atoms with Gasteiger partial charge in [0.25, 0.3) is 0 Å². The van der Waals surface area contributed by atoms with E-state index in [4.69, 9.17) is 14.0 Å². The van der Waals surface area contributed by atoms with Gasteiger partial charge in [-0.25, -0.2) is 0 Å². The van der Waals surface area contributed by atoms with Crippen LogP contribution in [0.15, 0.2) is 28.8 Å². The van der Waals surface area contributed by atoms with Crippen LogP contribution in [0.1, 0.15) is 56.7 Å². The van der Waals surface area contributed by atoms with Crippen molar-refractivity contribution in [2.75, 3.05) is 19.8 Å². The number of likely N-dealkylation sites (tertiary alicyclic amines) is 1. The average Bonchev–Trinajstić information content (AvgIpc) is 3.26. The second kappa shape index (κ2) is 8.39. The summed E-state index contributed by atoms with van der Waals surface area (Å²) in [6, 6.07) is 8.66. The predicted molar refractivity (Wildman–Crippen MR) is 97.0 cm³/mol. The zero-order valence-electron chi connectivity index (χ0n) is 15.5. The van der Waals surface area contributed by atoms with Gasteiger partial charge in [-0.3, -0.25) is 4.90 Å². The van der Waals surface area contributed by atoms with Crippen LogP contribution >= 0.6 is 0 Å². The summed E-state index contributed by atoms with van der Waals surface area (Å²) in [5.41, 5.74) is 2.26. The maximum absolute atomic E-state index is 5.75. The molecule has 0 spiro atoms. The molecule has 1 unspecified atom stereocenters. The molecular formula is C20H28N2O3. The molecule has 0 radical (unpaired) electrons. The van der Waals surface area contributed by atoms with E-state index in [9.17, 15) is 0 Å². The quantitative estimate of drug-likeness (QED) is 0.711. The van der Waals surface area contributed by atoms with Crippen molar-refractivity contribution in [1.29, 1.82) is 0 Å². The molecule has 0 N–H and O–H groups in total. The molecule has 0 aliphatic carbocycles. The lowest BCUT2D eigenvalue weighted by molar-refractivity contribution is 0.206. The van der Waals surface area contributed by atoms with E-state index < -0.39 is 0 Å². The first-order valence-corrected chi connectivity index (χ1v) is 9.33. The normalized spacial score (nSPS) is 17.8. The minimum absolute atomic E-state index is 0.315.